The van der Waals surface area contributed by atoms with Gasteiger partial charge in [0.25, 0.3) is 0 Å². The van der Waals surface area contributed by atoms with E-state index in [1.807, 2.05) is 0 Å². The summed E-state index contributed by atoms with van der Waals surface area (Å²) < 4.78 is 67.0. The molecule has 8 nitrogen and oxygen atoms in total. The molecule has 4 rings (SSSR count). The molecular weight excluding hydrogens is 438 g/mol. The minimum Gasteiger partial charge on any atom is -0.443 e. The molecule has 1 aliphatic rings. The molecule has 3 aromatic rings. The maximum absolute atomic E-state index is 13.9. The zero-order chi connectivity index (χ0) is 22.9. The zero-order valence-electron chi connectivity index (χ0n) is 16.2. The molecule has 0 unspecified atom stereocenters. The SMILES string of the molecule is O=[N+]([O-])c1cn2c(n1)OC[C@@H](OCc1ccc(-c3ccc(OC(F)(F)F)c(F)c3)cc1)C2. The van der Waals surface area contributed by atoms with Crippen molar-refractivity contribution in [3.05, 3.63) is 70.2 Å². The number of ether oxygens (including phenoxy) is 3. The second-order valence-electron chi connectivity index (χ2n) is 6.93. The molecule has 2 aromatic carbocycles. The lowest BCUT2D eigenvalue weighted by Gasteiger charge is -2.22. The van der Waals surface area contributed by atoms with Crippen LogP contribution < -0.4 is 9.47 Å². The summed E-state index contributed by atoms with van der Waals surface area (Å²) >= 11 is 0. The van der Waals surface area contributed by atoms with Crippen molar-refractivity contribution in [1.82, 2.24) is 9.55 Å². The summed E-state index contributed by atoms with van der Waals surface area (Å²) in [4.78, 5) is 14.0. The van der Waals surface area contributed by atoms with Gasteiger partial charge in [-0.3, -0.25) is 4.57 Å². The van der Waals surface area contributed by atoms with Crippen LogP contribution >= 0.6 is 0 Å². The Balaban J connectivity index is 1.36. The molecule has 32 heavy (non-hydrogen) atoms. The van der Waals surface area contributed by atoms with Crippen LogP contribution in [0.25, 0.3) is 11.1 Å². The van der Waals surface area contributed by atoms with Crippen LogP contribution in [0.1, 0.15) is 5.56 Å². The number of hydrogen-bond acceptors (Lipinski definition) is 6. The summed E-state index contributed by atoms with van der Waals surface area (Å²) in [7, 11) is 0. The smallest absolute Gasteiger partial charge is 0.443 e. The highest BCUT2D eigenvalue weighted by atomic mass is 19.4. The quantitative estimate of drug-likeness (QED) is 0.311. The normalized spacial score (nSPS) is 15.7. The van der Waals surface area contributed by atoms with E-state index in [2.05, 4.69) is 9.72 Å². The van der Waals surface area contributed by atoms with Gasteiger partial charge in [-0.1, -0.05) is 30.3 Å². The van der Waals surface area contributed by atoms with E-state index < -0.39 is 22.9 Å². The third kappa shape index (κ3) is 4.97. The lowest BCUT2D eigenvalue weighted by Crippen LogP contribution is -2.32. The summed E-state index contributed by atoms with van der Waals surface area (Å²) in [5, 5.41) is 10.8. The molecule has 1 atom stereocenters. The van der Waals surface area contributed by atoms with Crippen molar-refractivity contribution in [2.24, 2.45) is 0 Å². The Morgan fingerprint density at radius 3 is 2.56 bits per heavy atom. The van der Waals surface area contributed by atoms with Crippen molar-refractivity contribution >= 4 is 5.82 Å². The molecule has 1 aliphatic heterocycles. The summed E-state index contributed by atoms with van der Waals surface area (Å²) in [6.45, 7) is 0.769. The average molecular weight is 453 g/mol. The van der Waals surface area contributed by atoms with E-state index >= 15 is 0 Å². The van der Waals surface area contributed by atoms with Crippen LogP contribution in [0.5, 0.6) is 11.8 Å². The number of fused-ring (bicyclic) bond motifs is 1. The van der Waals surface area contributed by atoms with Crippen molar-refractivity contribution in [1.29, 1.82) is 0 Å². The lowest BCUT2D eigenvalue weighted by atomic mass is 10.0. The predicted octanol–water partition coefficient (Wildman–Crippen LogP) is 4.47. The summed E-state index contributed by atoms with van der Waals surface area (Å²) in [5.74, 6) is -2.32. The molecule has 0 bridgehead atoms. The first-order chi connectivity index (χ1) is 15.2. The minimum atomic E-state index is -4.97. The van der Waals surface area contributed by atoms with Gasteiger partial charge in [-0.2, -0.15) is 0 Å². The molecule has 0 spiro atoms. The number of hydrogen-bond donors (Lipinski definition) is 0. The number of imidazole rings is 1. The fourth-order valence-electron chi connectivity index (χ4n) is 3.16. The Hall–Kier alpha value is -3.67. The lowest BCUT2D eigenvalue weighted by molar-refractivity contribution is -0.389. The van der Waals surface area contributed by atoms with E-state index in [0.29, 0.717) is 17.7 Å². The largest absolute Gasteiger partial charge is 0.573 e. The Morgan fingerprint density at radius 2 is 1.91 bits per heavy atom. The molecule has 0 N–H and O–H groups in total. The Labute approximate surface area is 178 Å². The first kappa shape index (κ1) is 21.6. The maximum Gasteiger partial charge on any atom is 0.573 e. The number of halogens is 4. The monoisotopic (exact) mass is 453 g/mol. The molecule has 0 saturated carbocycles. The van der Waals surface area contributed by atoms with Crippen LogP contribution in [0.4, 0.5) is 23.4 Å². The van der Waals surface area contributed by atoms with Crippen LogP contribution in [0.2, 0.25) is 0 Å². The standard InChI is InChI=1S/C20H15F4N3O5/c21-16-7-14(5-6-17(16)32-20(22,23)24)13-3-1-12(2-4-13)10-30-15-8-26-9-18(27(28)29)25-19(26)31-11-15/h1-7,9,15H,8,10-11H2/t15-/m0/s1. The van der Waals surface area contributed by atoms with Gasteiger partial charge in [0.15, 0.2) is 11.6 Å². The van der Waals surface area contributed by atoms with Gasteiger partial charge in [-0.15, -0.1) is 13.2 Å². The average Bonchev–Trinajstić information content (AvgIpc) is 3.17. The van der Waals surface area contributed by atoms with E-state index in [-0.39, 0.29) is 31.1 Å². The molecule has 0 saturated heterocycles. The molecule has 12 heteroatoms. The summed E-state index contributed by atoms with van der Waals surface area (Å²) in [6, 6.07) is 10.2. The maximum atomic E-state index is 13.9. The van der Waals surface area contributed by atoms with Crippen LogP contribution in [0.15, 0.2) is 48.7 Å². The second kappa shape index (κ2) is 8.46. The zero-order valence-corrected chi connectivity index (χ0v) is 16.2. The predicted molar refractivity (Wildman–Crippen MR) is 101 cm³/mol. The van der Waals surface area contributed by atoms with Crippen LogP contribution in [0.3, 0.4) is 0 Å². The number of nitrogens with zero attached hydrogens (tertiary/aromatic N) is 3. The van der Waals surface area contributed by atoms with Gasteiger partial charge in [-0.05, 0) is 33.7 Å². The third-order valence-corrected chi connectivity index (χ3v) is 4.64. The molecule has 2 heterocycles. The molecule has 0 radical (unpaired) electrons. The van der Waals surface area contributed by atoms with E-state index in [1.165, 1.54) is 16.8 Å². The van der Waals surface area contributed by atoms with Crippen molar-refractivity contribution in [3.8, 4) is 22.9 Å². The fourth-order valence-corrected chi connectivity index (χ4v) is 3.16. The van der Waals surface area contributed by atoms with E-state index in [1.54, 1.807) is 24.3 Å². The second-order valence-corrected chi connectivity index (χ2v) is 6.93. The van der Waals surface area contributed by atoms with Gasteiger partial charge in [0.1, 0.15) is 18.9 Å². The van der Waals surface area contributed by atoms with Gasteiger partial charge in [0.05, 0.1) is 13.2 Å². The Kier molecular flexibility index (Phi) is 5.70. The summed E-state index contributed by atoms with van der Waals surface area (Å²) in [5.41, 5.74) is 1.79. The van der Waals surface area contributed by atoms with Crippen molar-refractivity contribution in [2.75, 3.05) is 6.61 Å². The highest BCUT2D eigenvalue weighted by Crippen LogP contribution is 2.30. The Bertz CT molecular complexity index is 1130. The number of rotatable bonds is 6. The Morgan fingerprint density at radius 1 is 1.19 bits per heavy atom. The molecule has 0 fully saturated rings. The first-order valence-corrected chi connectivity index (χ1v) is 9.28. The highest BCUT2D eigenvalue weighted by molar-refractivity contribution is 5.64. The van der Waals surface area contributed by atoms with Gasteiger partial charge in [0, 0.05) is 4.98 Å². The van der Waals surface area contributed by atoms with E-state index in [0.717, 1.165) is 17.7 Å². The van der Waals surface area contributed by atoms with E-state index in [4.69, 9.17) is 9.47 Å². The number of benzene rings is 2. The van der Waals surface area contributed by atoms with Crippen LogP contribution in [-0.4, -0.2) is 33.5 Å². The van der Waals surface area contributed by atoms with Crippen molar-refractivity contribution in [3.63, 3.8) is 0 Å². The van der Waals surface area contributed by atoms with Gasteiger partial charge < -0.3 is 24.3 Å². The highest BCUT2D eigenvalue weighted by Gasteiger charge is 2.32. The van der Waals surface area contributed by atoms with Gasteiger partial charge in [0.2, 0.25) is 0 Å². The summed E-state index contributed by atoms with van der Waals surface area (Å²) in [6.07, 6.45) is -4.03. The topological polar surface area (TPSA) is 88.7 Å². The minimum absolute atomic E-state index is 0.166. The first-order valence-electron chi connectivity index (χ1n) is 9.28. The molecule has 0 amide bonds. The van der Waals surface area contributed by atoms with Gasteiger partial charge >= 0.3 is 18.2 Å². The van der Waals surface area contributed by atoms with Crippen LogP contribution in [-0.2, 0) is 17.9 Å². The number of aromatic nitrogens is 2. The molecule has 168 valence electrons. The molecular formula is C20H15F4N3O5. The molecule has 0 aliphatic carbocycles. The van der Waals surface area contributed by atoms with Crippen LogP contribution in [0, 0.1) is 15.9 Å². The number of alkyl halides is 3. The number of nitro groups is 1. The van der Waals surface area contributed by atoms with E-state index in [9.17, 15) is 27.7 Å². The fraction of sp³-hybridized carbons (Fsp3) is 0.250. The van der Waals surface area contributed by atoms with Crippen molar-refractivity contribution < 1.29 is 36.7 Å². The molecule has 1 aromatic heterocycles. The van der Waals surface area contributed by atoms with Crippen molar-refractivity contribution in [2.45, 2.75) is 25.6 Å². The third-order valence-electron chi connectivity index (χ3n) is 4.64. The van der Waals surface area contributed by atoms with Gasteiger partial charge in [-0.25, -0.2) is 4.39 Å².